The predicted octanol–water partition coefficient (Wildman–Crippen LogP) is 3.16. The van der Waals surface area contributed by atoms with Gasteiger partial charge in [0.15, 0.2) is 0 Å². The van der Waals surface area contributed by atoms with Gasteiger partial charge in [-0.2, -0.15) is 0 Å². The van der Waals surface area contributed by atoms with Crippen LogP contribution in [0.2, 0.25) is 0 Å². The molecule has 0 spiro atoms. The molecule has 2 rings (SSSR count). The lowest BCUT2D eigenvalue weighted by atomic mass is 9.99. The molecule has 3 nitrogen and oxygen atoms in total. The number of methoxy groups -OCH3 is 1. The highest BCUT2D eigenvalue weighted by molar-refractivity contribution is 5.35. The minimum Gasteiger partial charge on any atom is -0.496 e. The van der Waals surface area contributed by atoms with Gasteiger partial charge in [-0.15, -0.1) is 0 Å². The summed E-state index contributed by atoms with van der Waals surface area (Å²) in [4.78, 5) is 0. The highest BCUT2D eigenvalue weighted by Gasteiger charge is 2.25. The molecule has 0 radical (unpaired) electrons. The van der Waals surface area contributed by atoms with Gasteiger partial charge in [0.1, 0.15) is 5.75 Å². The Hall–Kier alpha value is -1.06. The van der Waals surface area contributed by atoms with E-state index in [9.17, 15) is 0 Å². The van der Waals surface area contributed by atoms with E-state index in [4.69, 9.17) is 9.47 Å². The van der Waals surface area contributed by atoms with Crippen LogP contribution in [0, 0.1) is 5.92 Å². The highest BCUT2D eigenvalue weighted by Crippen LogP contribution is 2.28. The molecule has 0 saturated carbocycles. The van der Waals surface area contributed by atoms with Crippen molar-refractivity contribution in [3.8, 4) is 5.75 Å². The third kappa shape index (κ3) is 3.48. The molecule has 3 unspecified atom stereocenters. The van der Waals surface area contributed by atoms with Crippen LogP contribution in [0.25, 0.3) is 0 Å². The van der Waals surface area contributed by atoms with Crippen molar-refractivity contribution in [2.75, 3.05) is 20.3 Å². The van der Waals surface area contributed by atoms with Gasteiger partial charge in [-0.3, -0.25) is 0 Å². The Kier molecular flexibility index (Phi) is 5.23. The van der Waals surface area contributed by atoms with Crippen LogP contribution in [-0.4, -0.2) is 26.4 Å². The van der Waals surface area contributed by atoms with E-state index in [1.165, 1.54) is 5.56 Å². The SMILES string of the molecule is CCC(NCC1CCOC1C)c1ccccc1OC. The van der Waals surface area contributed by atoms with E-state index in [2.05, 4.69) is 31.3 Å². The van der Waals surface area contributed by atoms with Crippen molar-refractivity contribution in [3.05, 3.63) is 29.8 Å². The molecule has 1 aliphatic heterocycles. The Morgan fingerprint density at radius 1 is 1.42 bits per heavy atom. The summed E-state index contributed by atoms with van der Waals surface area (Å²) < 4.78 is 11.1. The van der Waals surface area contributed by atoms with Crippen molar-refractivity contribution in [3.63, 3.8) is 0 Å². The smallest absolute Gasteiger partial charge is 0.123 e. The second-order valence-corrected chi connectivity index (χ2v) is 5.24. The lowest BCUT2D eigenvalue weighted by Crippen LogP contribution is -2.30. The van der Waals surface area contributed by atoms with Crippen molar-refractivity contribution in [1.29, 1.82) is 0 Å². The topological polar surface area (TPSA) is 30.5 Å². The molecule has 3 atom stereocenters. The van der Waals surface area contributed by atoms with Crippen LogP contribution in [0.3, 0.4) is 0 Å². The fourth-order valence-electron chi connectivity index (χ4n) is 2.77. The predicted molar refractivity (Wildman–Crippen MR) is 77.5 cm³/mol. The van der Waals surface area contributed by atoms with Gasteiger partial charge in [-0.1, -0.05) is 25.1 Å². The van der Waals surface area contributed by atoms with Gasteiger partial charge >= 0.3 is 0 Å². The van der Waals surface area contributed by atoms with Gasteiger partial charge in [0, 0.05) is 24.8 Å². The molecule has 3 heteroatoms. The molecule has 1 fully saturated rings. The quantitative estimate of drug-likeness (QED) is 0.855. The van der Waals surface area contributed by atoms with Gasteiger partial charge in [0.25, 0.3) is 0 Å². The third-order valence-electron chi connectivity index (χ3n) is 4.08. The van der Waals surface area contributed by atoms with E-state index in [-0.39, 0.29) is 0 Å². The average molecular weight is 263 g/mol. The summed E-state index contributed by atoms with van der Waals surface area (Å²) in [5.74, 6) is 1.60. The van der Waals surface area contributed by atoms with Crippen LogP contribution in [0.1, 0.15) is 38.3 Å². The van der Waals surface area contributed by atoms with Crippen LogP contribution in [0.15, 0.2) is 24.3 Å². The van der Waals surface area contributed by atoms with Crippen LogP contribution < -0.4 is 10.1 Å². The largest absolute Gasteiger partial charge is 0.496 e. The Morgan fingerprint density at radius 2 is 2.21 bits per heavy atom. The summed E-state index contributed by atoms with van der Waals surface area (Å²) in [5, 5.41) is 3.67. The minimum absolute atomic E-state index is 0.351. The summed E-state index contributed by atoms with van der Waals surface area (Å²) in [6.45, 7) is 6.29. The Labute approximate surface area is 116 Å². The molecule has 19 heavy (non-hydrogen) atoms. The number of hydrogen-bond acceptors (Lipinski definition) is 3. The Morgan fingerprint density at radius 3 is 2.84 bits per heavy atom. The Bertz CT molecular complexity index is 394. The fourth-order valence-corrected chi connectivity index (χ4v) is 2.77. The van der Waals surface area contributed by atoms with Gasteiger partial charge in [-0.05, 0) is 31.7 Å². The molecule has 1 aliphatic rings. The first-order valence-electron chi connectivity index (χ1n) is 7.24. The van der Waals surface area contributed by atoms with Gasteiger partial charge < -0.3 is 14.8 Å². The van der Waals surface area contributed by atoms with Crippen LogP contribution in [0.4, 0.5) is 0 Å². The van der Waals surface area contributed by atoms with E-state index in [1.54, 1.807) is 7.11 Å². The van der Waals surface area contributed by atoms with Gasteiger partial charge in [-0.25, -0.2) is 0 Å². The zero-order valence-corrected chi connectivity index (χ0v) is 12.2. The fraction of sp³-hybridized carbons (Fsp3) is 0.625. The highest BCUT2D eigenvalue weighted by atomic mass is 16.5. The molecular weight excluding hydrogens is 238 g/mol. The Balaban J connectivity index is 1.99. The van der Waals surface area contributed by atoms with Crippen molar-refractivity contribution in [2.45, 2.75) is 38.8 Å². The molecule has 106 valence electrons. The van der Waals surface area contributed by atoms with Crippen LogP contribution in [-0.2, 0) is 4.74 Å². The zero-order chi connectivity index (χ0) is 13.7. The number of hydrogen-bond donors (Lipinski definition) is 1. The first-order valence-corrected chi connectivity index (χ1v) is 7.24. The molecule has 1 aromatic carbocycles. The van der Waals surface area contributed by atoms with Gasteiger partial charge in [0.2, 0.25) is 0 Å². The summed E-state index contributed by atoms with van der Waals surface area (Å²) in [5.41, 5.74) is 1.25. The second-order valence-electron chi connectivity index (χ2n) is 5.24. The zero-order valence-electron chi connectivity index (χ0n) is 12.2. The van der Waals surface area contributed by atoms with E-state index in [1.807, 2.05) is 12.1 Å². The number of rotatable bonds is 6. The minimum atomic E-state index is 0.351. The molecular formula is C16H25NO2. The third-order valence-corrected chi connectivity index (χ3v) is 4.08. The molecule has 1 N–H and O–H groups in total. The lowest BCUT2D eigenvalue weighted by Gasteiger charge is -2.23. The first-order chi connectivity index (χ1) is 9.26. The standard InChI is InChI=1S/C16H25NO2/c1-4-15(14-7-5-6-8-16(14)18-3)17-11-13-9-10-19-12(13)2/h5-8,12-13,15,17H,4,9-11H2,1-3H3. The molecule has 1 heterocycles. The van der Waals surface area contributed by atoms with E-state index >= 15 is 0 Å². The maximum atomic E-state index is 5.62. The van der Waals surface area contributed by atoms with Gasteiger partial charge in [0.05, 0.1) is 13.2 Å². The maximum absolute atomic E-state index is 5.62. The normalized spacial score (nSPS) is 24.4. The monoisotopic (exact) mass is 263 g/mol. The summed E-state index contributed by atoms with van der Waals surface area (Å²) >= 11 is 0. The lowest BCUT2D eigenvalue weighted by molar-refractivity contribution is 0.105. The molecule has 0 aromatic heterocycles. The maximum Gasteiger partial charge on any atom is 0.123 e. The second kappa shape index (κ2) is 6.92. The van der Waals surface area contributed by atoms with Crippen LogP contribution in [0.5, 0.6) is 5.75 Å². The molecule has 0 amide bonds. The van der Waals surface area contributed by atoms with Crippen molar-refractivity contribution in [1.82, 2.24) is 5.32 Å². The molecule has 0 bridgehead atoms. The number of benzene rings is 1. The number of para-hydroxylation sites is 1. The van der Waals surface area contributed by atoms with E-state index in [0.717, 1.165) is 31.7 Å². The van der Waals surface area contributed by atoms with Crippen molar-refractivity contribution in [2.24, 2.45) is 5.92 Å². The molecule has 0 aliphatic carbocycles. The first kappa shape index (κ1) is 14.4. The summed E-state index contributed by atoms with van der Waals surface area (Å²) in [7, 11) is 1.73. The molecule has 1 aromatic rings. The number of ether oxygens (including phenoxy) is 2. The summed E-state index contributed by atoms with van der Waals surface area (Å²) in [6, 6.07) is 8.62. The van der Waals surface area contributed by atoms with Crippen LogP contribution >= 0.6 is 0 Å². The van der Waals surface area contributed by atoms with E-state index in [0.29, 0.717) is 18.1 Å². The van der Waals surface area contributed by atoms with E-state index < -0.39 is 0 Å². The number of nitrogens with one attached hydrogen (secondary N) is 1. The van der Waals surface area contributed by atoms with Crippen molar-refractivity contribution >= 4 is 0 Å². The average Bonchev–Trinajstić information content (AvgIpc) is 2.85. The molecule has 1 saturated heterocycles. The summed E-state index contributed by atoms with van der Waals surface area (Å²) in [6.07, 6.45) is 2.60. The van der Waals surface area contributed by atoms with Crippen molar-refractivity contribution < 1.29 is 9.47 Å².